The maximum atomic E-state index is 11.6. The summed E-state index contributed by atoms with van der Waals surface area (Å²) in [5.41, 5.74) is 27.4. The van der Waals surface area contributed by atoms with Crippen molar-refractivity contribution in [2.24, 2.45) is 25.0 Å². The molecule has 6 aliphatic heterocycles. The third-order valence-corrected chi connectivity index (χ3v) is 24.2. The molecule has 0 N–H and O–H groups in total. The summed E-state index contributed by atoms with van der Waals surface area (Å²) in [7, 11) is 0. The van der Waals surface area contributed by atoms with Crippen molar-refractivity contribution < 1.29 is 52.4 Å². The average molecular weight is 1810 g/mol. The van der Waals surface area contributed by atoms with Crippen molar-refractivity contribution in [1.82, 2.24) is 68.8 Å². The molecule has 0 amide bonds. The van der Waals surface area contributed by atoms with Gasteiger partial charge in [0.1, 0.15) is 73.2 Å². The van der Waals surface area contributed by atoms with Crippen molar-refractivity contribution in [3.05, 3.63) is 288 Å². The van der Waals surface area contributed by atoms with Gasteiger partial charge in [0, 0.05) is 140 Å². The molecule has 0 saturated carbocycles. The Morgan fingerprint density at radius 1 is 0.341 bits per heavy atom. The van der Waals surface area contributed by atoms with Gasteiger partial charge in [-0.1, -0.05) is 12.1 Å². The minimum Gasteiger partial charge on any atom is -0.488 e. The molecule has 0 unspecified atom stereocenters. The molecule has 0 bridgehead atoms. The van der Waals surface area contributed by atoms with Gasteiger partial charge in [0.2, 0.25) is 0 Å². The molecule has 688 valence electrons. The van der Waals surface area contributed by atoms with Crippen LogP contribution in [0.15, 0.2) is 207 Å². The van der Waals surface area contributed by atoms with Crippen molar-refractivity contribution in [3.63, 3.8) is 0 Å². The average Bonchev–Trinajstić information content (AvgIpc) is 1.69. The summed E-state index contributed by atoms with van der Waals surface area (Å²) in [6.45, 7) is 26.1. The molecule has 30 nitrogen and oxygen atoms in total. The second-order valence-electron chi connectivity index (χ2n) is 34.4. The number of aromatic nitrogens is 14. The number of pyridine rings is 2. The van der Waals surface area contributed by atoms with Crippen LogP contribution in [-0.2, 0) is 57.2 Å². The maximum absolute atomic E-state index is 11.6. The second-order valence-corrected chi connectivity index (χ2v) is 34.4. The fourth-order valence-electron chi connectivity index (χ4n) is 17.4. The Morgan fingerprint density at radius 3 is 1.11 bits per heavy atom. The van der Waals surface area contributed by atoms with Crippen LogP contribution in [-0.4, -0.2) is 158 Å². The Balaban J connectivity index is 0.000000123. The quantitative estimate of drug-likeness (QED) is 0.0377. The van der Waals surface area contributed by atoms with Gasteiger partial charge < -0.3 is 28.4 Å². The van der Waals surface area contributed by atoms with E-state index < -0.39 is 0 Å². The molecule has 1 aliphatic carbocycles. The lowest BCUT2D eigenvalue weighted by Crippen LogP contribution is -2.18. The van der Waals surface area contributed by atoms with Crippen LogP contribution in [0.4, 0.5) is 5.69 Å². The Hall–Kier alpha value is -15.3. The van der Waals surface area contributed by atoms with E-state index in [9.17, 15) is 24.0 Å². The van der Waals surface area contributed by atoms with Crippen LogP contribution < -0.4 is 23.7 Å². The highest BCUT2D eigenvalue weighted by molar-refractivity contribution is 5.96. The van der Waals surface area contributed by atoms with E-state index in [0.717, 1.165) is 163 Å². The first-order chi connectivity index (χ1) is 65.9. The SMILES string of the molecule is CC(C)n1nccc1-c1ncccc1COc1ccc2c(c1C=O)CC=N2.CC(C)n1nccc1-c1ncccc1COc1ccc2c(c1C=O)CN=C2.CC(C)n1nccc1-c1nccnc1COc1ccc2c(c1C=O)CN=C2.CC(C)n1nccc1C1=C(COc2ccc3c(c2C=O)CN=C3)CCCC1.CC(C)n1nccc1C1=C(COc2ccc3c(c2C=O)CN=C3)CCOC1. The summed E-state index contributed by atoms with van der Waals surface area (Å²) in [6, 6.07) is 37.8. The van der Waals surface area contributed by atoms with E-state index in [1.165, 1.54) is 35.3 Å². The molecule has 8 aromatic heterocycles. The molecule has 0 fully saturated rings. The topological polar surface area (TPSA) is 343 Å². The molecule has 0 saturated heterocycles. The fourth-order valence-corrected chi connectivity index (χ4v) is 17.4. The number of hydrogen-bond donors (Lipinski definition) is 0. The first kappa shape index (κ1) is 92.9. The molecule has 0 radical (unpaired) electrons. The van der Waals surface area contributed by atoms with E-state index in [1.54, 1.807) is 74.2 Å². The molecule has 5 aromatic carbocycles. The highest BCUT2D eigenvalue weighted by Crippen LogP contribution is 2.40. The number of nitrogens with zero attached hydrogens (tertiary/aromatic N) is 19. The number of allylic oxidation sites excluding steroid dienone is 1. The summed E-state index contributed by atoms with van der Waals surface area (Å²) >= 11 is 0. The number of aldehydes is 5. The number of carbonyl (C=O) groups is 5. The van der Waals surface area contributed by atoms with E-state index in [4.69, 9.17) is 28.4 Å². The molecule has 13 aromatic rings. The van der Waals surface area contributed by atoms with E-state index in [-0.39, 0.29) is 30.8 Å². The van der Waals surface area contributed by atoms with Gasteiger partial charge in [-0.15, -0.1) is 0 Å². The zero-order valence-electron chi connectivity index (χ0n) is 77.3. The van der Waals surface area contributed by atoms with Gasteiger partial charge in [0.15, 0.2) is 31.4 Å². The fraction of sp³-hybridized carbons (Fsp3) is 0.305. The first-order valence-corrected chi connectivity index (χ1v) is 45.5. The van der Waals surface area contributed by atoms with E-state index in [2.05, 4.69) is 150 Å². The standard InChI is InChI=1S/C22H25N3O2.2C21H20N4O2.C21H23N3O3.C20H19N5O2/c1-15(2)25-21(9-10-24-25)18-6-4-3-5-17(18)14-27-22-8-7-16-11-23-12-19(16)20(22)13-26;1-14(2)25-19(8-11-24-25)21-15(4-3-9-23-21)13-27-20-6-5-18-16(7-10-22-18)17(20)12-26;1-14(2)25-19(7-9-24-25)21-16(4-3-8-23-21)13-27-20-6-5-15-10-22-11-17(15)18(20)12-26;1-14(2)24-20(5-7-23-24)19-13-26-8-6-16(19)12-27-21-4-3-15-9-22-10-17(15)18(21)11-25;1-13(2)25-18(5-6-24-25)20-17(22-7-8-23-20)12-27-19-4-3-14-9-21-10-15(14)16(19)11-26/h7-11,13,15H,3-6,12,14H2,1-2H3;3-6,8-12,14H,7,13H2,1-2H3;3-10,12,14H,11,13H2,1-2H3;3-5,7,9,11,14H,6,8,10,12-13H2,1-2H3;3-9,11,13H,10,12H2,1-2H3. The molecular formula is C105H107N19O11. The largest absolute Gasteiger partial charge is 0.488 e. The molecule has 0 spiro atoms. The number of benzene rings is 5. The lowest BCUT2D eigenvalue weighted by atomic mass is 9.90. The third kappa shape index (κ3) is 20.7. The molecule has 135 heavy (non-hydrogen) atoms. The van der Waals surface area contributed by atoms with Crippen molar-refractivity contribution in [3.8, 4) is 62.9 Å². The normalized spacial score (nSPS) is 13.9. The summed E-state index contributed by atoms with van der Waals surface area (Å²) in [5.74, 6) is 2.94. The summed E-state index contributed by atoms with van der Waals surface area (Å²) in [4.78, 5) is 97.4. The number of fused-ring (bicyclic) bond motifs is 5. The van der Waals surface area contributed by atoms with Gasteiger partial charge in [0.25, 0.3) is 0 Å². The third-order valence-electron chi connectivity index (χ3n) is 24.2. The predicted molar refractivity (Wildman–Crippen MR) is 518 cm³/mol. The maximum Gasteiger partial charge on any atom is 0.154 e. The molecule has 7 aliphatic rings. The number of rotatable bonds is 30. The van der Waals surface area contributed by atoms with Crippen molar-refractivity contribution in [1.29, 1.82) is 0 Å². The van der Waals surface area contributed by atoms with Crippen LogP contribution in [0.5, 0.6) is 28.7 Å². The zero-order chi connectivity index (χ0) is 94.0. The van der Waals surface area contributed by atoms with Crippen molar-refractivity contribution >= 4 is 79.3 Å². The monoisotopic (exact) mass is 1810 g/mol. The minimum atomic E-state index is 0.198. The predicted octanol–water partition coefficient (Wildman–Crippen LogP) is 19.3. The van der Waals surface area contributed by atoms with Gasteiger partial charge in [0.05, 0.1) is 113 Å². The molecule has 20 rings (SSSR count). The molecular weight excluding hydrogens is 1700 g/mol. The minimum absolute atomic E-state index is 0.198. The van der Waals surface area contributed by atoms with Gasteiger partial charge in [-0.3, -0.25) is 92.3 Å². The zero-order valence-corrected chi connectivity index (χ0v) is 77.3. The lowest BCUT2D eigenvalue weighted by molar-refractivity contribution is 0.111. The highest BCUT2D eigenvalue weighted by atomic mass is 16.5. The molecule has 14 heterocycles. The van der Waals surface area contributed by atoms with E-state index in [0.29, 0.717) is 141 Å². The summed E-state index contributed by atoms with van der Waals surface area (Å²) in [6.07, 6.45) is 35.0. The van der Waals surface area contributed by atoms with E-state index >= 15 is 0 Å². The van der Waals surface area contributed by atoms with Crippen LogP contribution in [0.3, 0.4) is 0 Å². The van der Waals surface area contributed by atoms with Gasteiger partial charge >= 0.3 is 0 Å². The smallest absolute Gasteiger partial charge is 0.154 e. The lowest BCUT2D eigenvalue weighted by Gasteiger charge is -2.23. The Morgan fingerprint density at radius 2 is 0.689 bits per heavy atom. The van der Waals surface area contributed by atoms with E-state index in [1.807, 2.05) is 141 Å². The first-order valence-electron chi connectivity index (χ1n) is 45.5. The van der Waals surface area contributed by atoms with Crippen molar-refractivity contribution in [2.75, 3.05) is 26.4 Å². The number of ether oxygens (including phenoxy) is 6. The van der Waals surface area contributed by atoms with Crippen LogP contribution in [0.2, 0.25) is 0 Å². The summed E-state index contributed by atoms with van der Waals surface area (Å²) < 4.78 is 45.8. The highest BCUT2D eigenvalue weighted by Gasteiger charge is 2.28. The van der Waals surface area contributed by atoms with Crippen molar-refractivity contribution in [2.45, 2.75) is 184 Å². The van der Waals surface area contributed by atoms with Gasteiger partial charge in [-0.25, -0.2) is 0 Å². The van der Waals surface area contributed by atoms with Crippen LogP contribution in [0.25, 0.3) is 45.3 Å². The van der Waals surface area contributed by atoms with Crippen LogP contribution in [0, 0.1) is 0 Å². The van der Waals surface area contributed by atoms with Gasteiger partial charge in [-0.05, 0) is 271 Å². The Bertz CT molecular complexity index is 6220. The van der Waals surface area contributed by atoms with Crippen LogP contribution in [0.1, 0.15) is 262 Å². The molecule has 30 heteroatoms. The number of aliphatic imine (C=N–C) groups is 5. The van der Waals surface area contributed by atoms with Crippen LogP contribution >= 0.6 is 0 Å². The Kier molecular flexibility index (Phi) is 29.8. The second kappa shape index (κ2) is 43.4. The van der Waals surface area contributed by atoms with Gasteiger partial charge in [-0.2, -0.15) is 25.5 Å². The molecule has 0 atom stereocenters. The summed E-state index contributed by atoms with van der Waals surface area (Å²) in [5, 5.41) is 22.1. The number of carbonyl (C=O) groups excluding carboxylic acids is 5. The number of hydrogen-bond acceptors (Lipinski definition) is 25. The Labute approximate surface area is 782 Å².